The van der Waals surface area contributed by atoms with Gasteiger partial charge in [-0.1, -0.05) is 30.3 Å². The van der Waals surface area contributed by atoms with Crippen LogP contribution in [0.3, 0.4) is 0 Å². The minimum absolute atomic E-state index is 0.0689. The van der Waals surface area contributed by atoms with E-state index in [9.17, 15) is 4.79 Å². The monoisotopic (exact) mass is 339 g/mol. The maximum absolute atomic E-state index is 12.6. The topological polar surface area (TPSA) is 63.1 Å². The van der Waals surface area contributed by atoms with Crippen LogP contribution in [-0.4, -0.2) is 33.3 Å². The number of nitrogens with zero attached hydrogens (tertiary/aromatic N) is 4. The minimum atomic E-state index is -0.236. The Morgan fingerprint density at radius 2 is 2.12 bits per heavy atom. The molecule has 3 aromatic rings. The van der Waals surface area contributed by atoms with Crippen molar-refractivity contribution in [3.63, 3.8) is 0 Å². The highest BCUT2D eigenvalue weighted by Crippen LogP contribution is 2.27. The highest BCUT2D eigenvalue weighted by Gasteiger charge is 2.33. The minimum Gasteiger partial charge on any atom is -0.350 e. The molecule has 2 aromatic heterocycles. The number of rotatable bonds is 4. The summed E-state index contributed by atoms with van der Waals surface area (Å²) >= 11 is 1.52. The molecule has 0 unspecified atom stereocenters. The second-order valence-corrected chi connectivity index (χ2v) is 6.61. The standard InChI is InChI=1S/C17H17N5OS/c1-21-10-13(9-18-21)22-8-7-14(16(22)23)19-17-20-15(11-24-17)12-5-3-2-4-6-12/h2-6,9-11,14H,7-8H2,1H3,(H,19,20)/t14-/m0/s1. The number of aromatic nitrogens is 3. The first-order chi connectivity index (χ1) is 11.7. The maximum Gasteiger partial charge on any atom is 0.249 e. The van der Waals surface area contributed by atoms with Crippen molar-refractivity contribution >= 4 is 28.1 Å². The van der Waals surface area contributed by atoms with Gasteiger partial charge in [0, 0.05) is 30.7 Å². The van der Waals surface area contributed by atoms with Crippen molar-refractivity contribution in [1.82, 2.24) is 14.8 Å². The van der Waals surface area contributed by atoms with Gasteiger partial charge in [-0.3, -0.25) is 9.48 Å². The summed E-state index contributed by atoms with van der Waals surface area (Å²) in [5.41, 5.74) is 2.85. The van der Waals surface area contributed by atoms with Crippen molar-refractivity contribution < 1.29 is 4.79 Å². The van der Waals surface area contributed by atoms with Gasteiger partial charge < -0.3 is 10.2 Å². The summed E-state index contributed by atoms with van der Waals surface area (Å²) in [7, 11) is 1.85. The van der Waals surface area contributed by atoms with Crippen LogP contribution in [-0.2, 0) is 11.8 Å². The summed E-state index contributed by atoms with van der Waals surface area (Å²) in [6.07, 6.45) is 4.34. The third-order valence-corrected chi connectivity index (χ3v) is 4.85. The van der Waals surface area contributed by atoms with Gasteiger partial charge >= 0.3 is 0 Å². The van der Waals surface area contributed by atoms with E-state index < -0.39 is 0 Å². The largest absolute Gasteiger partial charge is 0.350 e. The summed E-state index contributed by atoms with van der Waals surface area (Å²) < 4.78 is 1.70. The fourth-order valence-corrected chi connectivity index (χ4v) is 3.62. The number of anilines is 2. The molecule has 0 aliphatic carbocycles. The Bertz CT molecular complexity index is 857. The van der Waals surface area contributed by atoms with E-state index in [4.69, 9.17) is 0 Å². The maximum atomic E-state index is 12.6. The lowest BCUT2D eigenvalue weighted by atomic mass is 10.2. The smallest absolute Gasteiger partial charge is 0.249 e. The highest BCUT2D eigenvalue weighted by atomic mass is 32.1. The van der Waals surface area contributed by atoms with E-state index in [2.05, 4.69) is 15.4 Å². The number of carbonyl (C=O) groups excluding carboxylic acids is 1. The van der Waals surface area contributed by atoms with Gasteiger partial charge in [0.15, 0.2) is 5.13 Å². The molecule has 6 nitrogen and oxygen atoms in total. The highest BCUT2D eigenvalue weighted by molar-refractivity contribution is 7.14. The Balaban J connectivity index is 1.47. The number of benzene rings is 1. The first-order valence-corrected chi connectivity index (χ1v) is 8.66. The average Bonchev–Trinajstić information content (AvgIpc) is 3.31. The van der Waals surface area contributed by atoms with Gasteiger partial charge in [-0.2, -0.15) is 5.10 Å². The summed E-state index contributed by atoms with van der Waals surface area (Å²) in [6.45, 7) is 0.694. The van der Waals surface area contributed by atoms with Crippen LogP contribution in [0, 0.1) is 0 Å². The molecule has 3 heterocycles. The molecule has 1 amide bonds. The van der Waals surface area contributed by atoms with Crippen molar-refractivity contribution in [3.05, 3.63) is 48.1 Å². The number of nitrogens with one attached hydrogen (secondary N) is 1. The van der Waals surface area contributed by atoms with Crippen LogP contribution in [0.15, 0.2) is 48.1 Å². The summed E-state index contributed by atoms with van der Waals surface area (Å²) in [5, 5.41) is 10.2. The van der Waals surface area contributed by atoms with E-state index in [1.807, 2.05) is 49.0 Å². The number of amides is 1. The van der Waals surface area contributed by atoms with E-state index in [1.54, 1.807) is 15.8 Å². The van der Waals surface area contributed by atoms with Crippen molar-refractivity contribution in [3.8, 4) is 11.3 Å². The van der Waals surface area contributed by atoms with Gasteiger partial charge in [-0.25, -0.2) is 4.98 Å². The van der Waals surface area contributed by atoms with Crippen LogP contribution in [0.2, 0.25) is 0 Å². The fraction of sp³-hybridized carbons (Fsp3) is 0.235. The van der Waals surface area contributed by atoms with Crippen molar-refractivity contribution in [2.24, 2.45) is 7.05 Å². The number of aryl methyl sites for hydroxylation is 1. The lowest BCUT2D eigenvalue weighted by Gasteiger charge is -2.14. The van der Waals surface area contributed by atoms with Crippen LogP contribution in [0.4, 0.5) is 10.8 Å². The quantitative estimate of drug-likeness (QED) is 0.794. The number of carbonyl (C=O) groups is 1. The molecule has 24 heavy (non-hydrogen) atoms. The van der Waals surface area contributed by atoms with Gasteiger partial charge in [0.2, 0.25) is 5.91 Å². The van der Waals surface area contributed by atoms with E-state index in [1.165, 1.54) is 11.3 Å². The average molecular weight is 339 g/mol. The zero-order valence-electron chi connectivity index (χ0n) is 13.2. The van der Waals surface area contributed by atoms with Crippen molar-refractivity contribution in [2.45, 2.75) is 12.5 Å². The Labute approximate surface area is 143 Å². The molecule has 1 N–H and O–H groups in total. The predicted molar refractivity (Wildman–Crippen MR) is 95.1 cm³/mol. The Morgan fingerprint density at radius 3 is 2.88 bits per heavy atom. The molecule has 1 aliphatic heterocycles. The molecule has 0 radical (unpaired) electrons. The van der Waals surface area contributed by atoms with Crippen LogP contribution in [0.1, 0.15) is 6.42 Å². The molecule has 122 valence electrons. The van der Waals surface area contributed by atoms with Crippen molar-refractivity contribution in [2.75, 3.05) is 16.8 Å². The number of thiazole rings is 1. The molecule has 0 saturated carbocycles. The van der Waals surface area contributed by atoms with Gasteiger partial charge in [0.25, 0.3) is 0 Å². The molecule has 1 atom stereocenters. The molecular weight excluding hydrogens is 322 g/mol. The normalized spacial score (nSPS) is 17.5. The third kappa shape index (κ3) is 2.78. The molecule has 1 saturated heterocycles. The zero-order chi connectivity index (χ0) is 16.5. The lowest BCUT2D eigenvalue weighted by Crippen LogP contribution is -2.33. The predicted octanol–water partition coefficient (Wildman–Crippen LogP) is 2.76. The van der Waals surface area contributed by atoms with Crippen LogP contribution in [0.5, 0.6) is 0 Å². The van der Waals surface area contributed by atoms with Crippen LogP contribution in [0.25, 0.3) is 11.3 Å². The number of hydrogen-bond donors (Lipinski definition) is 1. The van der Waals surface area contributed by atoms with E-state index in [-0.39, 0.29) is 11.9 Å². The Morgan fingerprint density at radius 1 is 1.29 bits per heavy atom. The second kappa shape index (κ2) is 6.09. The second-order valence-electron chi connectivity index (χ2n) is 5.75. The molecule has 1 fully saturated rings. The molecule has 7 heteroatoms. The Kier molecular flexibility index (Phi) is 3.78. The van der Waals surface area contributed by atoms with E-state index in [0.29, 0.717) is 6.54 Å². The van der Waals surface area contributed by atoms with E-state index >= 15 is 0 Å². The van der Waals surface area contributed by atoms with Gasteiger partial charge in [0.05, 0.1) is 17.6 Å². The Hall–Kier alpha value is -2.67. The summed E-state index contributed by atoms with van der Waals surface area (Å²) in [6, 6.07) is 9.80. The lowest BCUT2D eigenvalue weighted by molar-refractivity contribution is -0.117. The SMILES string of the molecule is Cn1cc(N2CC[C@H](Nc3nc(-c4ccccc4)cs3)C2=O)cn1. The van der Waals surface area contributed by atoms with Gasteiger partial charge in [0.1, 0.15) is 6.04 Å². The van der Waals surface area contributed by atoms with E-state index in [0.717, 1.165) is 28.5 Å². The molecule has 1 aliphatic rings. The number of hydrogen-bond acceptors (Lipinski definition) is 5. The molecule has 4 rings (SSSR count). The summed E-state index contributed by atoms with van der Waals surface area (Å²) in [4.78, 5) is 19.0. The molecule has 1 aromatic carbocycles. The third-order valence-electron chi connectivity index (χ3n) is 4.08. The molecule has 0 bridgehead atoms. The van der Waals surface area contributed by atoms with Gasteiger partial charge in [-0.05, 0) is 6.42 Å². The first-order valence-electron chi connectivity index (χ1n) is 7.78. The first kappa shape index (κ1) is 14.9. The fourth-order valence-electron chi connectivity index (χ4n) is 2.85. The van der Waals surface area contributed by atoms with Gasteiger partial charge in [-0.15, -0.1) is 11.3 Å². The molecular formula is C17H17N5OS. The van der Waals surface area contributed by atoms with Crippen molar-refractivity contribution in [1.29, 1.82) is 0 Å². The summed E-state index contributed by atoms with van der Waals surface area (Å²) in [5.74, 6) is 0.0689. The van der Waals surface area contributed by atoms with Crippen LogP contribution < -0.4 is 10.2 Å². The zero-order valence-corrected chi connectivity index (χ0v) is 14.0. The van der Waals surface area contributed by atoms with Crippen LogP contribution >= 0.6 is 11.3 Å². The molecule has 0 spiro atoms.